The molecule has 0 fully saturated rings. The van der Waals surface area contributed by atoms with Crippen LogP contribution in [0.1, 0.15) is 41.8 Å². The van der Waals surface area contributed by atoms with Crippen LogP contribution in [0.25, 0.3) is 11.1 Å². The molecule has 0 aliphatic heterocycles. The molecule has 0 saturated heterocycles. The van der Waals surface area contributed by atoms with Crippen molar-refractivity contribution in [2.24, 2.45) is 17.6 Å². The number of aliphatic hydroxyl groups is 3. The van der Waals surface area contributed by atoms with Crippen molar-refractivity contribution in [3.05, 3.63) is 69.7 Å². The molecule has 0 aromatic heterocycles. The van der Waals surface area contributed by atoms with Crippen molar-refractivity contribution in [3.8, 4) is 22.6 Å². The molecule has 44 heavy (non-hydrogen) atoms. The van der Waals surface area contributed by atoms with Crippen LogP contribution >= 0.6 is 0 Å². The molecule has 5 rings (SSSR count). The van der Waals surface area contributed by atoms with Gasteiger partial charge in [0.25, 0.3) is 5.91 Å². The Labute approximate surface area is 255 Å². The fraction of sp³-hybridized carbons (Fsp3) is 0.424. The van der Waals surface area contributed by atoms with Crippen molar-refractivity contribution in [2.45, 2.75) is 44.9 Å². The maximum atomic E-state index is 14.1. The minimum Gasteiger partial charge on any atom is -0.510 e. The predicted octanol–water partition coefficient (Wildman–Crippen LogP) is 2.64. The van der Waals surface area contributed by atoms with Gasteiger partial charge in [-0.15, -0.1) is 0 Å². The number of Topliss-reactive ketones (excluding diaryl/α,β-unsaturated/α-hetero) is 2. The summed E-state index contributed by atoms with van der Waals surface area (Å²) in [4.78, 5) is 43.6. The van der Waals surface area contributed by atoms with Crippen molar-refractivity contribution in [1.82, 2.24) is 9.80 Å². The van der Waals surface area contributed by atoms with E-state index in [1.54, 1.807) is 27.3 Å². The highest BCUT2D eigenvalue weighted by atomic mass is 16.5. The maximum Gasteiger partial charge on any atom is 0.255 e. The number of fused-ring (bicyclic) bond motifs is 3. The number of allylic oxidation sites excluding steroid dienone is 1. The normalized spacial score (nSPS) is 24.9. The average Bonchev–Trinajstić information content (AvgIpc) is 2.97. The molecule has 1 amide bonds. The lowest BCUT2D eigenvalue weighted by atomic mass is 9.58. The summed E-state index contributed by atoms with van der Waals surface area (Å²) in [7, 11) is 4.76. The highest BCUT2D eigenvalue weighted by Gasteiger charge is 2.63. The van der Waals surface area contributed by atoms with Gasteiger partial charge in [-0.1, -0.05) is 26.0 Å². The number of hydrogen-bond donors (Lipinski definition) is 5. The van der Waals surface area contributed by atoms with E-state index in [0.29, 0.717) is 23.4 Å². The van der Waals surface area contributed by atoms with Gasteiger partial charge in [0.05, 0.1) is 18.7 Å². The van der Waals surface area contributed by atoms with E-state index in [9.17, 15) is 34.8 Å². The molecule has 0 bridgehead atoms. The minimum atomic E-state index is -2.68. The number of aliphatic hydroxyl groups excluding tert-OH is 2. The summed E-state index contributed by atoms with van der Waals surface area (Å²) >= 11 is 0. The number of phenolic OH excluding ortho intramolecular Hbond substituents is 1. The van der Waals surface area contributed by atoms with Gasteiger partial charge in [-0.25, -0.2) is 0 Å². The highest BCUT2D eigenvalue weighted by molar-refractivity contribution is 6.25. The lowest BCUT2D eigenvalue weighted by Crippen LogP contribution is -2.63. The summed E-state index contributed by atoms with van der Waals surface area (Å²) in [6.45, 7) is 6.63. The molecule has 11 heteroatoms. The number of ketones is 2. The van der Waals surface area contributed by atoms with E-state index in [1.165, 1.54) is 11.0 Å². The number of nitrogens with zero attached hydrogens (tertiary/aromatic N) is 2. The fourth-order valence-corrected chi connectivity index (χ4v) is 7.27. The molecule has 2 aromatic rings. The number of likely N-dealkylation sites (N-methyl/N-ethyl adjacent to an activating group) is 1. The van der Waals surface area contributed by atoms with Crippen molar-refractivity contribution < 1.29 is 39.5 Å². The van der Waals surface area contributed by atoms with Crippen LogP contribution < -0.4 is 10.5 Å². The van der Waals surface area contributed by atoms with E-state index in [-0.39, 0.29) is 29.7 Å². The summed E-state index contributed by atoms with van der Waals surface area (Å²) in [6, 6.07) is 7.95. The molecule has 234 valence electrons. The monoisotopic (exact) mass is 605 g/mol. The first-order valence-corrected chi connectivity index (χ1v) is 14.7. The standard InChI is InChI=1S/C33H39N3O8/c1-6-36(7-2)15-16-8-11-23(44-5)19(12-16)18-9-10-22(37)25-20(18)13-17-14-21-27(35(3)4)29(39)26(32(34)42)31(41)33(21,43)30(40)24(17)28(25)38/h8-12,17,21,27,37,39-40,43H,6-7,13-15H2,1-5H3,(H2,34,42)/t17-,21-,27-,33+/m1/s1. The van der Waals surface area contributed by atoms with Crippen LogP contribution in [0.3, 0.4) is 0 Å². The Bertz CT molecular complexity index is 1620. The number of ether oxygens (including phenoxy) is 1. The number of nitrogens with two attached hydrogens (primary N) is 1. The van der Waals surface area contributed by atoms with Crippen LogP contribution in [0, 0.1) is 11.8 Å². The quantitative estimate of drug-likeness (QED) is 0.282. The molecule has 6 N–H and O–H groups in total. The molecule has 11 nitrogen and oxygen atoms in total. The Hall–Kier alpha value is -4.19. The van der Waals surface area contributed by atoms with Crippen LogP contribution in [-0.2, 0) is 22.6 Å². The van der Waals surface area contributed by atoms with E-state index >= 15 is 0 Å². The van der Waals surface area contributed by atoms with E-state index < -0.39 is 58.0 Å². The Morgan fingerprint density at radius 1 is 1.07 bits per heavy atom. The molecule has 0 heterocycles. The molecule has 3 aliphatic carbocycles. The van der Waals surface area contributed by atoms with Gasteiger partial charge in [0.15, 0.2) is 11.4 Å². The van der Waals surface area contributed by atoms with E-state index in [0.717, 1.165) is 24.2 Å². The van der Waals surface area contributed by atoms with Crippen LogP contribution in [0.5, 0.6) is 11.5 Å². The molecule has 3 aliphatic rings. The van der Waals surface area contributed by atoms with Gasteiger partial charge in [0.1, 0.15) is 28.6 Å². The number of phenols is 1. The Morgan fingerprint density at radius 2 is 1.75 bits per heavy atom. The number of carbonyl (C=O) groups excluding carboxylic acids is 3. The van der Waals surface area contributed by atoms with E-state index in [1.807, 2.05) is 18.2 Å². The number of amides is 1. The summed E-state index contributed by atoms with van der Waals surface area (Å²) in [5.41, 5.74) is 4.65. The number of hydrogen-bond acceptors (Lipinski definition) is 10. The fourth-order valence-electron chi connectivity index (χ4n) is 7.27. The molecule has 4 atom stereocenters. The Morgan fingerprint density at radius 3 is 2.34 bits per heavy atom. The van der Waals surface area contributed by atoms with Crippen molar-refractivity contribution >= 4 is 17.5 Å². The summed E-state index contributed by atoms with van der Waals surface area (Å²) in [5.74, 6) is -6.24. The first-order valence-electron chi connectivity index (χ1n) is 14.7. The molecule has 0 spiro atoms. The minimum absolute atomic E-state index is 0.0139. The topological polar surface area (TPSA) is 174 Å². The lowest BCUT2D eigenvalue weighted by molar-refractivity contribution is -0.148. The van der Waals surface area contributed by atoms with E-state index in [4.69, 9.17) is 10.5 Å². The van der Waals surface area contributed by atoms with Crippen molar-refractivity contribution in [1.29, 1.82) is 0 Å². The Kier molecular flexibility index (Phi) is 8.08. The van der Waals surface area contributed by atoms with Gasteiger partial charge >= 0.3 is 0 Å². The van der Waals surface area contributed by atoms with Crippen molar-refractivity contribution in [2.75, 3.05) is 34.3 Å². The first-order chi connectivity index (χ1) is 20.8. The second kappa shape index (κ2) is 11.4. The number of benzene rings is 2. The van der Waals surface area contributed by atoms with Gasteiger partial charge < -0.3 is 30.9 Å². The van der Waals surface area contributed by atoms with Gasteiger partial charge in [-0.2, -0.15) is 0 Å². The second-order valence-corrected chi connectivity index (χ2v) is 11.9. The van der Waals surface area contributed by atoms with Crippen LogP contribution in [0.15, 0.2) is 53.0 Å². The lowest BCUT2D eigenvalue weighted by Gasteiger charge is -2.50. The van der Waals surface area contributed by atoms with Gasteiger partial charge in [0, 0.05) is 23.6 Å². The number of methoxy groups -OCH3 is 1. The zero-order chi connectivity index (χ0) is 32.2. The number of primary amides is 1. The largest absolute Gasteiger partial charge is 0.510 e. The summed E-state index contributed by atoms with van der Waals surface area (Å²) in [5, 5.41) is 45.3. The zero-order valence-corrected chi connectivity index (χ0v) is 25.5. The molecular formula is C33H39N3O8. The van der Waals surface area contributed by atoms with Gasteiger partial charge in [-0.3, -0.25) is 24.2 Å². The second-order valence-electron chi connectivity index (χ2n) is 11.9. The SMILES string of the molecule is CCN(CC)Cc1ccc(OC)c(-c2ccc(O)c3c2C[C@@H]2C[C@@H]4[C@@H](N(C)C)C(O)=C(C(N)=O)C(=O)[C@@]4(O)C(O)=C2C3=O)c1. The molecule has 0 radical (unpaired) electrons. The highest BCUT2D eigenvalue weighted by Crippen LogP contribution is 2.53. The van der Waals surface area contributed by atoms with E-state index in [2.05, 4.69) is 18.7 Å². The van der Waals surface area contributed by atoms with Gasteiger partial charge in [-0.05, 0) is 80.8 Å². The molecule has 0 saturated carbocycles. The van der Waals surface area contributed by atoms with Crippen LogP contribution in [0.2, 0.25) is 0 Å². The van der Waals surface area contributed by atoms with Crippen LogP contribution in [-0.4, -0.2) is 93.6 Å². The predicted molar refractivity (Wildman–Crippen MR) is 162 cm³/mol. The zero-order valence-electron chi connectivity index (χ0n) is 25.5. The number of rotatable bonds is 8. The maximum absolute atomic E-state index is 14.1. The van der Waals surface area contributed by atoms with Crippen LogP contribution in [0.4, 0.5) is 0 Å². The Balaban J connectivity index is 1.69. The third-order valence-electron chi connectivity index (χ3n) is 9.46. The summed E-state index contributed by atoms with van der Waals surface area (Å²) in [6.07, 6.45) is 0.196. The van der Waals surface area contributed by atoms with Gasteiger partial charge in [0.2, 0.25) is 5.78 Å². The number of aromatic hydroxyl groups is 1. The average molecular weight is 606 g/mol. The molecule has 0 unspecified atom stereocenters. The summed E-state index contributed by atoms with van der Waals surface area (Å²) < 4.78 is 5.70. The third kappa shape index (κ3) is 4.58. The molecular weight excluding hydrogens is 566 g/mol. The smallest absolute Gasteiger partial charge is 0.255 e. The van der Waals surface area contributed by atoms with Crippen molar-refractivity contribution in [3.63, 3.8) is 0 Å². The molecule has 2 aromatic carbocycles. The third-order valence-corrected chi connectivity index (χ3v) is 9.46. The number of carbonyl (C=O) groups is 3. The first kappa shape index (κ1) is 31.2.